The number of aryl methyl sites for hydroxylation is 1. The van der Waals surface area contributed by atoms with Gasteiger partial charge in [0.1, 0.15) is 11.5 Å². The Bertz CT molecular complexity index is 602. The summed E-state index contributed by atoms with van der Waals surface area (Å²) in [4.78, 5) is 4.44. The van der Waals surface area contributed by atoms with E-state index in [2.05, 4.69) is 10.3 Å². The second-order valence-electron chi connectivity index (χ2n) is 4.31. The van der Waals surface area contributed by atoms with Crippen molar-refractivity contribution in [2.24, 2.45) is 0 Å². The molecule has 1 aromatic heterocycles. The molecule has 0 amide bonds. The Morgan fingerprint density at radius 1 is 1.15 bits per heavy atom. The van der Waals surface area contributed by atoms with Gasteiger partial charge in [-0.1, -0.05) is 17.7 Å². The number of nitrogens with zero attached hydrogens (tertiary/aromatic N) is 1. The lowest BCUT2D eigenvalue weighted by atomic mass is 10.2. The van der Waals surface area contributed by atoms with Crippen LogP contribution in [-0.2, 0) is 6.54 Å². The fraction of sp³-hybridized carbons (Fsp3) is 0.267. The number of nitrogens with one attached hydrogen (secondary N) is 1. The van der Waals surface area contributed by atoms with Gasteiger partial charge in [0, 0.05) is 11.8 Å². The molecule has 2 aromatic rings. The number of methoxy groups -OCH3 is 2. The maximum atomic E-state index is 6.13. The molecule has 0 atom stereocenters. The third-order valence-electron chi connectivity index (χ3n) is 2.88. The van der Waals surface area contributed by atoms with Gasteiger partial charge in [0.05, 0.1) is 37.2 Å². The van der Waals surface area contributed by atoms with Gasteiger partial charge in [-0.3, -0.25) is 4.98 Å². The molecule has 20 heavy (non-hydrogen) atoms. The fourth-order valence-electron chi connectivity index (χ4n) is 1.88. The molecule has 0 saturated heterocycles. The smallest absolute Gasteiger partial charge is 0.145 e. The lowest BCUT2D eigenvalue weighted by Gasteiger charge is -2.13. The first-order chi connectivity index (χ1) is 9.63. The van der Waals surface area contributed by atoms with E-state index in [-0.39, 0.29) is 0 Å². The van der Waals surface area contributed by atoms with Crippen LogP contribution in [0.15, 0.2) is 30.3 Å². The zero-order chi connectivity index (χ0) is 14.5. The zero-order valence-corrected chi connectivity index (χ0v) is 12.5. The van der Waals surface area contributed by atoms with Crippen molar-refractivity contribution >= 4 is 17.3 Å². The molecule has 1 heterocycles. The first-order valence-corrected chi connectivity index (χ1v) is 6.59. The van der Waals surface area contributed by atoms with Gasteiger partial charge < -0.3 is 14.8 Å². The summed E-state index contributed by atoms with van der Waals surface area (Å²) in [7, 11) is 3.18. The Morgan fingerprint density at radius 3 is 2.55 bits per heavy atom. The first-order valence-electron chi connectivity index (χ1n) is 6.22. The molecule has 0 saturated carbocycles. The van der Waals surface area contributed by atoms with Crippen LogP contribution in [0.1, 0.15) is 11.4 Å². The van der Waals surface area contributed by atoms with Gasteiger partial charge in [-0.25, -0.2) is 0 Å². The van der Waals surface area contributed by atoms with E-state index >= 15 is 0 Å². The highest BCUT2D eigenvalue weighted by Gasteiger charge is 2.09. The Kier molecular flexibility index (Phi) is 4.69. The summed E-state index contributed by atoms with van der Waals surface area (Å²) in [6, 6.07) is 9.47. The monoisotopic (exact) mass is 292 g/mol. The van der Waals surface area contributed by atoms with E-state index in [9.17, 15) is 0 Å². The van der Waals surface area contributed by atoms with Crippen LogP contribution in [0.25, 0.3) is 0 Å². The van der Waals surface area contributed by atoms with Crippen LogP contribution < -0.4 is 14.8 Å². The third-order valence-corrected chi connectivity index (χ3v) is 3.18. The zero-order valence-electron chi connectivity index (χ0n) is 11.7. The summed E-state index contributed by atoms with van der Waals surface area (Å²) < 4.78 is 10.5. The lowest BCUT2D eigenvalue weighted by molar-refractivity contribution is 0.395. The van der Waals surface area contributed by atoms with E-state index in [0.29, 0.717) is 23.1 Å². The van der Waals surface area contributed by atoms with Crippen molar-refractivity contribution in [3.63, 3.8) is 0 Å². The molecule has 0 spiro atoms. The molecular weight excluding hydrogens is 276 g/mol. The van der Waals surface area contributed by atoms with E-state index in [1.54, 1.807) is 26.4 Å². The van der Waals surface area contributed by atoms with Crippen molar-refractivity contribution < 1.29 is 9.47 Å². The van der Waals surface area contributed by atoms with Crippen LogP contribution in [0.4, 0.5) is 5.69 Å². The van der Waals surface area contributed by atoms with Gasteiger partial charge in [-0.05, 0) is 25.1 Å². The molecule has 106 valence electrons. The van der Waals surface area contributed by atoms with Crippen LogP contribution in [0.5, 0.6) is 11.5 Å². The molecule has 0 bridgehead atoms. The quantitative estimate of drug-likeness (QED) is 0.913. The van der Waals surface area contributed by atoms with Crippen molar-refractivity contribution in [1.82, 2.24) is 4.98 Å². The minimum atomic E-state index is 0.535. The Labute approximate surface area is 123 Å². The molecule has 0 aliphatic carbocycles. The molecule has 1 aromatic carbocycles. The largest absolute Gasteiger partial charge is 0.495 e. The van der Waals surface area contributed by atoms with Gasteiger partial charge in [-0.2, -0.15) is 0 Å². The number of pyridine rings is 1. The van der Waals surface area contributed by atoms with Crippen molar-refractivity contribution in [3.8, 4) is 11.5 Å². The highest BCUT2D eigenvalue weighted by Crippen LogP contribution is 2.35. The molecule has 1 N–H and O–H groups in total. The maximum absolute atomic E-state index is 6.13. The SMILES string of the molecule is COc1cc(OC)c(NCc2cccc(C)n2)cc1Cl. The summed E-state index contributed by atoms with van der Waals surface area (Å²) in [5, 5.41) is 3.81. The van der Waals surface area contributed by atoms with Gasteiger partial charge >= 0.3 is 0 Å². The number of anilines is 1. The van der Waals surface area contributed by atoms with Crippen LogP contribution in [-0.4, -0.2) is 19.2 Å². The van der Waals surface area contributed by atoms with Crippen LogP contribution in [0.3, 0.4) is 0 Å². The second-order valence-corrected chi connectivity index (χ2v) is 4.72. The van der Waals surface area contributed by atoms with Crippen LogP contribution >= 0.6 is 11.6 Å². The third kappa shape index (κ3) is 3.33. The van der Waals surface area contributed by atoms with Crippen molar-refractivity contribution in [1.29, 1.82) is 0 Å². The minimum absolute atomic E-state index is 0.535. The summed E-state index contributed by atoms with van der Waals surface area (Å²) in [5.41, 5.74) is 2.75. The molecule has 2 rings (SSSR count). The summed E-state index contributed by atoms with van der Waals surface area (Å²) >= 11 is 6.13. The summed E-state index contributed by atoms with van der Waals surface area (Å²) in [6.07, 6.45) is 0. The molecular formula is C15H17ClN2O2. The molecule has 0 aliphatic heterocycles. The molecule has 0 aliphatic rings. The summed E-state index contributed by atoms with van der Waals surface area (Å²) in [5.74, 6) is 1.27. The lowest BCUT2D eigenvalue weighted by Crippen LogP contribution is -2.04. The fourth-order valence-corrected chi connectivity index (χ4v) is 2.12. The highest BCUT2D eigenvalue weighted by molar-refractivity contribution is 6.32. The summed E-state index contributed by atoms with van der Waals surface area (Å²) in [6.45, 7) is 2.56. The van der Waals surface area contributed by atoms with E-state index in [1.807, 2.05) is 25.1 Å². The van der Waals surface area contributed by atoms with E-state index < -0.39 is 0 Å². The number of rotatable bonds is 5. The van der Waals surface area contributed by atoms with E-state index in [4.69, 9.17) is 21.1 Å². The van der Waals surface area contributed by atoms with Gasteiger partial charge in [0.25, 0.3) is 0 Å². The molecule has 0 unspecified atom stereocenters. The molecule has 5 heteroatoms. The number of aromatic nitrogens is 1. The van der Waals surface area contributed by atoms with Gasteiger partial charge in [-0.15, -0.1) is 0 Å². The van der Waals surface area contributed by atoms with Gasteiger partial charge in [0.15, 0.2) is 0 Å². The van der Waals surface area contributed by atoms with Gasteiger partial charge in [0.2, 0.25) is 0 Å². The predicted octanol–water partition coefficient (Wildman–Crippen LogP) is 3.67. The maximum Gasteiger partial charge on any atom is 0.145 e. The van der Waals surface area contributed by atoms with E-state index in [0.717, 1.165) is 17.1 Å². The van der Waals surface area contributed by atoms with Crippen molar-refractivity contribution in [3.05, 3.63) is 46.7 Å². The predicted molar refractivity (Wildman–Crippen MR) is 80.9 cm³/mol. The molecule has 0 radical (unpaired) electrons. The Hall–Kier alpha value is -1.94. The topological polar surface area (TPSA) is 43.4 Å². The first kappa shape index (κ1) is 14.5. The second kappa shape index (κ2) is 6.48. The van der Waals surface area contributed by atoms with Crippen molar-refractivity contribution in [2.75, 3.05) is 19.5 Å². The normalized spacial score (nSPS) is 10.2. The number of benzene rings is 1. The Morgan fingerprint density at radius 2 is 1.90 bits per heavy atom. The average Bonchev–Trinajstić information content (AvgIpc) is 2.45. The molecule has 0 fully saturated rings. The molecule has 4 nitrogen and oxygen atoms in total. The standard InChI is InChI=1S/C15H17ClN2O2/c1-10-5-4-6-11(18-10)9-17-13-7-12(16)14(19-2)8-15(13)20-3/h4-8,17H,9H2,1-3H3. The average molecular weight is 293 g/mol. The highest BCUT2D eigenvalue weighted by atomic mass is 35.5. The van der Waals surface area contributed by atoms with E-state index in [1.165, 1.54) is 0 Å². The van der Waals surface area contributed by atoms with Crippen molar-refractivity contribution in [2.45, 2.75) is 13.5 Å². The van der Waals surface area contributed by atoms with Crippen LogP contribution in [0, 0.1) is 6.92 Å². The number of ether oxygens (including phenoxy) is 2. The number of halogens is 1. The Balaban J connectivity index is 2.18. The number of hydrogen-bond donors (Lipinski definition) is 1. The minimum Gasteiger partial charge on any atom is -0.495 e. The van der Waals surface area contributed by atoms with Crippen LogP contribution in [0.2, 0.25) is 5.02 Å². The number of hydrogen-bond acceptors (Lipinski definition) is 4.